The summed E-state index contributed by atoms with van der Waals surface area (Å²) in [5.41, 5.74) is 0.414. The minimum absolute atomic E-state index is 0.0152. The van der Waals surface area contributed by atoms with E-state index in [-0.39, 0.29) is 17.9 Å². The molecule has 0 heterocycles. The molecule has 0 atom stereocenters. The number of carboxylic acid groups (broad SMARTS) is 1. The molecule has 7 nitrogen and oxygen atoms in total. The molecule has 1 aromatic rings. The highest BCUT2D eigenvalue weighted by molar-refractivity contribution is 7.81. The van der Waals surface area contributed by atoms with Crippen molar-refractivity contribution in [3.8, 4) is 11.5 Å². The number of methoxy groups -OCH3 is 1. The van der Waals surface area contributed by atoms with Gasteiger partial charge in [-0.3, -0.25) is 9.35 Å². The fraction of sp³-hybridized carbons (Fsp3) is 0.222. The van der Waals surface area contributed by atoms with Gasteiger partial charge in [-0.1, -0.05) is 6.07 Å². The SMILES string of the molecule is COc1cc(CC(=O)O)ccc1OS(=O)(=O)O. The van der Waals surface area contributed by atoms with E-state index >= 15 is 0 Å². The number of hydrogen-bond acceptors (Lipinski definition) is 5. The topological polar surface area (TPSA) is 110 Å². The van der Waals surface area contributed by atoms with Gasteiger partial charge in [-0.25, -0.2) is 0 Å². The maximum Gasteiger partial charge on any atom is 0.446 e. The summed E-state index contributed by atoms with van der Waals surface area (Å²) in [4.78, 5) is 10.5. The first-order valence-electron chi connectivity index (χ1n) is 4.37. The van der Waals surface area contributed by atoms with Crippen molar-refractivity contribution in [3.63, 3.8) is 0 Å². The molecule has 94 valence electrons. The summed E-state index contributed by atoms with van der Waals surface area (Å²) < 4.78 is 38.6. The van der Waals surface area contributed by atoms with Crippen molar-refractivity contribution >= 4 is 16.4 Å². The van der Waals surface area contributed by atoms with Crippen LogP contribution in [0.4, 0.5) is 0 Å². The van der Waals surface area contributed by atoms with Gasteiger partial charge in [-0.05, 0) is 17.7 Å². The fourth-order valence-electron chi connectivity index (χ4n) is 1.18. The average molecular weight is 262 g/mol. The lowest BCUT2D eigenvalue weighted by Gasteiger charge is -2.08. The highest BCUT2D eigenvalue weighted by Crippen LogP contribution is 2.29. The van der Waals surface area contributed by atoms with Crippen LogP contribution in [0.3, 0.4) is 0 Å². The van der Waals surface area contributed by atoms with E-state index in [0.29, 0.717) is 5.56 Å². The molecule has 17 heavy (non-hydrogen) atoms. The molecule has 0 bridgehead atoms. The Balaban J connectivity index is 3.05. The molecule has 0 fully saturated rings. The Morgan fingerprint density at radius 3 is 2.47 bits per heavy atom. The first-order valence-corrected chi connectivity index (χ1v) is 5.74. The molecule has 0 spiro atoms. The Morgan fingerprint density at radius 1 is 1.35 bits per heavy atom. The van der Waals surface area contributed by atoms with Crippen molar-refractivity contribution in [2.45, 2.75) is 6.42 Å². The van der Waals surface area contributed by atoms with Gasteiger partial charge in [0.15, 0.2) is 11.5 Å². The number of rotatable bonds is 5. The molecule has 2 N–H and O–H groups in total. The van der Waals surface area contributed by atoms with Crippen LogP contribution in [0.2, 0.25) is 0 Å². The first-order chi connectivity index (χ1) is 7.81. The summed E-state index contributed by atoms with van der Waals surface area (Å²) >= 11 is 0. The summed E-state index contributed by atoms with van der Waals surface area (Å²) in [5.74, 6) is -1.24. The van der Waals surface area contributed by atoms with E-state index in [1.165, 1.54) is 25.3 Å². The van der Waals surface area contributed by atoms with E-state index in [1.54, 1.807) is 0 Å². The Bertz CT molecular complexity index is 520. The predicted molar refractivity (Wildman–Crippen MR) is 56.5 cm³/mol. The van der Waals surface area contributed by atoms with Gasteiger partial charge < -0.3 is 14.0 Å². The van der Waals surface area contributed by atoms with Gasteiger partial charge in [0.05, 0.1) is 13.5 Å². The van der Waals surface area contributed by atoms with Crippen LogP contribution in [0.15, 0.2) is 18.2 Å². The van der Waals surface area contributed by atoms with Crippen molar-refractivity contribution in [2.24, 2.45) is 0 Å². The Hall–Kier alpha value is -1.80. The largest absolute Gasteiger partial charge is 0.493 e. The second kappa shape index (κ2) is 5.02. The van der Waals surface area contributed by atoms with Gasteiger partial charge in [0.25, 0.3) is 0 Å². The molecule has 1 aromatic carbocycles. The Labute approximate surface area is 97.5 Å². The quantitative estimate of drug-likeness (QED) is 0.743. The number of aliphatic carboxylic acids is 1. The van der Waals surface area contributed by atoms with Crippen LogP contribution in [0, 0.1) is 0 Å². The van der Waals surface area contributed by atoms with Gasteiger partial charge in [0.2, 0.25) is 0 Å². The van der Waals surface area contributed by atoms with E-state index in [1.807, 2.05) is 0 Å². The molecule has 8 heteroatoms. The van der Waals surface area contributed by atoms with E-state index in [9.17, 15) is 13.2 Å². The molecule has 0 aliphatic heterocycles. The summed E-state index contributed by atoms with van der Waals surface area (Å²) in [7, 11) is -3.38. The maximum absolute atomic E-state index is 10.5. The normalized spacial score (nSPS) is 10.9. The monoisotopic (exact) mass is 262 g/mol. The van der Waals surface area contributed by atoms with Gasteiger partial charge in [-0.15, -0.1) is 0 Å². The maximum atomic E-state index is 10.5. The molecule has 0 saturated heterocycles. The number of carboxylic acids is 1. The van der Waals surface area contributed by atoms with Crippen LogP contribution < -0.4 is 8.92 Å². The van der Waals surface area contributed by atoms with Crippen molar-refractivity contribution in [1.82, 2.24) is 0 Å². The molecular formula is C9H10O7S. The lowest BCUT2D eigenvalue weighted by Crippen LogP contribution is -2.08. The predicted octanol–water partition coefficient (Wildman–Crippen LogP) is 0.504. The molecule has 0 amide bonds. The van der Waals surface area contributed by atoms with Gasteiger partial charge in [0.1, 0.15) is 0 Å². The molecular weight excluding hydrogens is 252 g/mol. The molecule has 0 aromatic heterocycles. The third-order valence-electron chi connectivity index (χ3n) is 1.78. The zero-order valence-electron chi connectivity index (χ0n) is 8.78. The molecule has 0 radical (unpaired) electrons. The molecule has 0 saturated carbocycles. The van der Waals surface area contributed by atoms with Crippen LogP contribution in [-0.2, 0) is 21.6 Å². The summed E-state index contributed by atoms with van der Waals surface area (Å²) in [6.45, 7) is 0. The van der Waals surface area contributed by atoms with Crippen molar-refractivity contribution < 1.29 is 31.8 Å². The van der Waals surface area contributed by atoms with Gasteiger partial charge in [0, 0.05) is 0 Å². The van der Waals surface area contributed by atoms with Crippen molar-refractivity contribution in [3.05, 3.63) is 23.8 Å². The van der Waals surface area contributed by atoms with E-state index in [2.05, 4.69) is 4.18 Å². The zero-order valence-corrected chi connectivity index (χ0v) is 9.60. The second-order valence-electron chi connectivity index (χ2n) is 3.07. The van der Waals surface area contributed by atoms with Gasteiger partial charge >= 0.3 is 16.4 Å². The van der Waals surface area contributed by atoms with Gasteiger partial charge in [-0.2, -0.15) is 8.42 Å². The highest BCUT2D eigenvalue weighted by atomic mass is 32.3. The summed E-state index contributed by atoms with van der Waals surface area (Å²) in [6, 6.07) is 3.87. The van der Waals surface area contributed by atoms with Crippen LogP contribution in [-0.4, -0.2) is 31.2 Å². The fourth-order valence-corrected chi connectivity index (χ4v) is 1.54. The van der Waals surface area contributed by atoms with Crippen LogP contribution >= 0.6 is 0 Å². The molecule has 0 aliphatic rings. The summed E-state index contributed by atoms with van der Waals surface area (Å²) in [5, 5.41) is 8.58. The highest BCUT2D eigenvalue weighted by Gasteiger charge is 2.13. The number of hydrogen-bond donors (Lipinski definition) is 2. The average Bonchev–Trinajstić information content (AvgIpc) is 2.17. The third kappa shape index (κ3) is 4.29. The number of carbonyl (C=O) groups is 1. The Morgan fingerprint density at radius 2 is 2.00 bits per heavy atom. The standard InChI is InChI=1S/C9H10O7S/c1-15-8-4-6(5-9(10)11)2-3-7(8)16-17(12,13)14/h2-4H,5H2,1H3,(H,10,11)(H,12,13,14). The minimum Gasteiger partial charge on any atom is -0.493 e. The van der Waals surface area contributed by atoms with Crippen LogP contribution in [0.1, 0.15) is 5.56 Å². The molecule has 1 rings (SSSR count). The first kappa shape index (κ1) is 13.3. The smallest absolute Gasteiger partial charge is 0.446 e. The van der Waals surface area contributed by atoms with Crippen molar-refractivity contribution in [1.29, 1.82) is 0 Å². The lowest BCUT2D eigenvalue weighted by molar-refractivity contribution is -0.136. The van der Waals surface area contributed by atoms with E-state index < -0.39 is 16.4 Å². The van der Waals surface area contributed by atoms with Crippen molar-refractivity contribution in [2.75, 3.05) is 7.11 Å². The number of benzene rings is 1. The van der Waals surface area contributed by atoms with E-state index in [0.717, 1.165) is 0 Å². The zero-order chi connectivity index (χ0) is 13.1. The molecule has 0 aliphatic carbocycles. The van der Waals surface area contributed by atoms with Crippen LogP contribution in [0.5, 0.6) is 11.5 Å². The lowest BCUT2D eigenvalue weighted by atomic mass is 10.1. The molecule has 0 unspecified atom stereocenters. The van der Waals surface area contributed by atoms with Crippen LogP contribution in [0.25, 0.3) is 0 Å². The van der Waals surface area contributed by atoms with E-state index in [4.69, 9.17) is 14.4 Å². The second-order valence-corrected chi connectivity index (χ2v) is 4.09. The number of ether oxygens (including phenoxy) is 1. The summed E-state index contributed by atoms with van der Waals surface area (Å²) in [6.07, 6.45) is -0.234. The Kier molecular flexibility index (Phi) is 3.92. The third-order valence-corrected chi connectivity index (χ3v) is 2.17. The minimum atomic E-state index is -4.64.